The standard InChI is InChI=1S/C15H24N2O3/c1-10(2)20-9-13-6-5-7-14(12(13)4)17-15(19)16-11(3)8-18/h5-7,10-11,18H,8-9H2,1-4H3,(H2,16,17,19). The monoisotopic (exact) mass is 280 g/mol. The largest absolute Gasteiger partial charge is 0.394 e. The topological polar surface area (TPSA) is 70.6 Å². The number of hydrogen-bond donors (Lipinski definition) is 3. The molecule has 0 aliphatic carbocycles. The molecule has 112 valence electrons. The number of ether oxygens (including phenoxy) is 1. The van der Waals surface area contributed by atoms with Crippen LogP contribution >= 0.6 is 0 Å². The van der Waals surface area contributed by atoms with Crippen molar-refractivity contribution in [3.05, 3.63) is 29.3 Å². The Hall–Kier alpha value is -1.59. The molecule has 1 unspecified atom stereocenters. The van der Waals surface area contributed by atoms with Gasteiger partial charge in [0.1, 0.15) is 0 Å². The molecule has 0 saturated carbocycles. The molecule has 0 bridgehead atoms. The van der Waals surface area contributed by atoms with Crippen molar-refractivity contribution in [2.24, 2.45) is 0 Å². The second kappa shape index (κ2) is 7.87. The predicted molar refractivity (Wildman–Crippen MR) is 79.8 cm³/mol. The molecule has 0 saturated heterocycles. The molecular formula is C15H24N2O3. The molecule has 20 heavy (non-hydrogen) atoms. The van der Waals surface area contributed by atoms with E-state index in [1.54, 1.807) is 6.92 Å². The van der Waals surface area contributed by atoms with Crippen molar-refractivity contribution in [3.8, 4) is 0 Å². The summed E-state index contributed by atoms with van der Waals surface area (Å²) in [5.41, 5.74) is 2.78. The second-order valence-corrected chi connectivity index (χ2v) is 5.13. The fourth-order valence-corrected chi connectivity index (χ4v) is 1.66. The molecule has 0 fully saturated rings. The van der Waals surface area contributed by atoms with Crippen molar-refractivity contribution in [2.45, 2.75) is 46.4 Å². The van der Waals surface area contributed by atoms with Gasteiger partial charge in [0.15, 0.2) is 0 Å². The molecule has 1 rings (SSSR count). The van der Waals surface area contributed by atoms with Crippen LogP contribution in [0.4, 0.5) is 10.5 Å². The van der Waals surface area contributed by atoms with E-state index in [0.29, 0.717) is 6.61 Å². The molecule has 2 amide bonds. The molecule has 1 aromatic carbocycles. The first-order valence-corrected chi connectivity index (χ1v) is 6.82. The van der Waals surface area contributed by atoms with Crippen LogP contribution in [0.1, 0.15) is 31.9 Å². The van der Waals surface area contributed by atoms with Crippen molar-refractivity contribution < 1.29 is 14.6 Å². The van der Waals surface area contributed by atoms with Crippen LogP contribution in [-0.4, -0.2) is 29.9 Å². The summed E-state index contributed by atoms with van der Waals surface area (Å²) in [4.78, 5) is 11.7. The molecule has 0 aromatic heterocycles. The highest BCUT2D eigenvalue weighted by molar-refractivity contribution is 5.90. The van der Waals surface area contributed by atoms with E-state index in [1.807, 2.05) is 39.0 Å². The van der Waals surface area contributed by atoms with E-state index >= 15 is 0 Å². The van der Waals surface area contributed by atoms with Gasteiger partial charge in [-0.25, -0.2) is 4.79 Å². The lowest BCUT2D eigenvalue weighted by atomic mass is 10.1. The van der Waals surface area contributed by atoms with Crippen LogP contribution in [0.3, 0.4) is 0 Å². The van der Waals surface area contributed by atoms with E-state index in [0.717, 1.165) is 16.8 Å². The number of benzene rings is 1. The van der Waals surface area contributed by atoms with E-state index in [-0.39, 0.29) is 24.8 Å². The number of rotatable bonds is 6. The third kappa shape index (κ3) is 5.19. The van der Waals surface area contributed by atoms with Gasteiger partial charge in [0.25, 0.3) is 0 Å². The Kier molecular flexibility index (Phi) is 6.48. The summed E-state index contributed by atoms with van der Waals surface area (Å²) in [7, 11) is 0. The summed E-state index contributed by atoms with van der Waals surface area (Å²) < 4.78 is 5.59. The van der Waals surface area contributed by atoms with E-state index in [1.165, 1.54) is 0 Å². The van der Waals surface area contributed by atoms with Crippen LogP contribution in [0.5, 0.6) is 0 Å². The zero-order chi connectivity index (χ0) is 15.1. The minimum absolute atomic E-state index is 0.0886. The second-order valence-electron chi connectivity index (χ2n) is 5.13. The number of amides is 2. The smallest absolute Gasteiger partial charge is 0.319 e. The SMILES string of the molecule is Cc1c(COC(C)C)cccc1NC(=O)NC(C)CO. The van der Waals surface area contributed by atoms with Crippen LogP contribution in [-0.2, 0) is 11.3 Å². The first-order chi connectivity index (χ1) is 9.43. The van der Waals surface area contributed by atoms with Crippen molar-refractivity contribution in [1.29, 1.82) is 0 Å². The van der Waals surface area contributed by atoms with Crippen LogP contribution in [0.25, 0.3) is 0 Å². The Labute approximate surface area is 120 Å². The molecule has 0 radical (unpaired) electrons. The molecule has 5 heteroatoms. The Balaban J connectivity index is 2.71. The minimum Gasteiger partial charge on any atom is -0.394 e. The zero-order valence-corrected chi connectivity index (χ0v) is 12.6. The fraction of sp³-hybridized carbons (Fsp3) is 0.533. The molecule has 0 aliphatic heterocycles. The maximum Gasteiger partial charge on any atom is 0.319 e. The highest BCUT2D eigenvalue weighted by atomic mass is 16.5. The molecule has 5 nitrogen and oxygen atoms in total. The molecule has 0 spiro atoms. The summed E-state index contributed by atoms with van der Waals surface area (Å²) in [5, 5.41) is 14.3. The quantitative estimate of drug-likeness (QED) is 0.749. The van der Waals surface area contributed by atoms with Gasteiger partial charge in [-0.15, -0.1) is 0 Å². The molecule has 0 heterocycles. The Morgan fingerprint density at radius 1 is 1.35 bits per heavy atom. The normalized spacial score (nSPS) is 12.3. The molecule has 3 N–H and O–H groups in total. The first kappa shape index (κ1) is 16.5. The van der Waals surface area contributed by atoms with Gasteiger partial charge in [-0.05, 0) is 44.9 Å². The summed E-state index contributed by atoms with van der Waals surface area (Å²) in [6.45, 7) is 8.09. The number of carbonyl (C=O) groups is 1. The van der Waals surface area contributed by atoms with Crippen molar-refractivity contribution in [2.75, 3.05) is 11.9 Å². The summed E-state index contributed by atoms with van der Waals surface area (Å²) >= 11 is 0. The highest BCUT2D eigenvalue weighted by Crippen LogP contribution is 2.20. The number of aliphatic hydroxyl groups is 1. The maximum atomic E-state index is 11.7. The van der Waals surface area contributed by atoms with E-state index in [9.17, 15) is 4.79 Å². The number of aliphatic hydroxyl groups excluding tert-OH is 1. The molecule has 1 aromatic rings. The van der Waals surface area contributed by atoms with Crippen LogP contribution in [0.15, 0.2) is 18.2 Å². The predicted octanol–water partition coefficient (Wildman–Crippen LogP) is 2.42. The Morgan fingerprint density at radius 2 is 2.05 bits per heavy atom. The lowest BCUT2D eigenvalue weighted by molar-refractivity contribution is 0.0654. The van der Waals surface area contributed by atoms with E-state index < -0.39 is 0 Å². The summed E-state index contributed by atoms with van der Waals surface area (Å²) in [6, 6.07) is 5.12. The lowest BCUT2D eigenvalue weighted by Gasteiger charge is -2.16. The van der Waals surface area contributed by atoms with Gasteiger partial charge in [0, 0.05) is 5.69 Å². The third-order valence-electron chi connectivity index (χ3n) is 2.92. The lowest BCUT2D eigenvalue weighted by Crippen LogP contribution is -2.38. The van der Waals surface area contributed by atoms with E-state index in [2.05, 4.69) is 10.6 Å². The van der Waals surface area contributed by atoms with Gasteiger partial charge >= 0.3 is 6.03 Å². The average molecular weight is 280 g/mol. The van der Waals surface area contributed by atoms with Gasteiger partial charge < -0.3 is 20.5 Å². The van der Waals surface area contributed by atoms with Crippen molar-refractivity contribution in [1.82, 2.24) is 5.32 Å². The molecule has 0 aliphatic rings. The van der Waals surface area contributed by atoms with Gasteiger partial charge in [-0.1, -0.05) is 12.1 Å². The molecule has 1 atom stereocenters. The third-order valence-corrected chi connectivity index (χ3v) is 2.92. The summed E-state index contributed by atoms with van der Waals surface area (Å²) in [6.07, 6.45) is 0.166. The zero-order valence-electron chi connectivity index (χ0n) is 12.6. The molecular weight excluding hydrogens is 256 g/mol. The van der Waals surface area contributed by atoms with Gasteiger partial charge in [-0.3, -0.25) is 0 Å². The maximum absolute atomic E-state index is 11.7. The van der Waals surface area contributed by atoms with Gasteiger partial charge in [-0.2, -0.15) is 0 Å². The summed E-state index contributed by atoms with van der Waals surface area (Å²) in [5.74, 6) is 0. The number of anilines is 1. The van der Waals surface area contributed by atoms with Crippen molar-refractivity contribution in [3.63, 3.8) is 0 Å². The Bertz CT molecular complexity index is 447. The van der Waals surface area contributed by atoms with E-state index in [4.69, 9.17) is 9.84 Å². The average Bonchev–Trinajstić information content (AvgIpc) is 2.39. The van der Waals surface area contributed by atoms with Crippen LogP contribution in [0, 0.1) is 6.92 Å². The first-order valence-electron chi connectivity index (χ1n) is 6.82. The van der Waals surface area contributed by atoms with Crippen LogP contribution in [0.2, 0.25) is 0 Å². The number of urea groups is 1. The number of hydrogen-bond acceptors (Lipinski definition) is 3. The minimum atomic E-state index is -0.323. The Morgan fingerprint density at radius 3 is 2.65 bits per heavy atom. The fourth-order valence-electron chi connectivity index (χ4n) is 1.66. The number of nitrogens with one attached hydrogen (secondary N) is 2. The van der Waals surface area contributed by atoms with Gasteiger partial charge in [0.2, 0.25) is 0 Å². The van der Waals surface area contributed by atoms with Crippen LogP contribution < -0.4 is 10.6 Å². The van der Waals surface area contributed by atoms with Gasteiger partial charge in [0.05, 0.1) is 25.4 Å². The highest BCUT2D eigenvalue weighted by Gasteiger charge is 2.10. The number of carbonyl (C=O) groups excluding carboxylic acids is 1. The van der Waals surface area contributed by atoms with Crippen molar-refractivity contribution >= 4 is 11.7 Å².